The second kappa shape index (κ2) is 6.74. The van der Waals surface area contributed by atoms with Gasteiger partial charge in [-0.15, -0.1) is 0 Å². The quantitative estimate of drug-likeness (QED) is 0.742. The number of nitrogens with zero attached hydrogens (tertiary/aromatic N) is 3. The molecule has 0 aromatic rings. The third-order valence-corrected chi connectivity index (χ3v) is 8.13. The van der Waals surface area contributed by atoms with Gasteiger partial charge < -0.3 is 19.6 Å². The maximum atomic E-state index is 11.5. The lowest BCUT2D eigenvalue weighted by Gasteiger charge is -2.49. The van der Waals surface area contributed by atoms with Gasteiger partial charge in [0.05, 0.1) is 11.8 Å². The number of fused-ring (bicyclic) bond motifs is 1. The van der Waals surface area contributed by atoms with Gasteiger partial charge in [0.25, 0.3) is 0 Å². The molecule has 0 bridgehead atoms. The number of hydrogen-bond acceptors (Lipinski definition) is 6. The number of hydrogen-bond donors (Lipinski definition) is 1. The summed E-state index contributed by atoms with van der Waals surface area (Å²) < 4.78 is 6.19. The van der Waals surface area contributed by atoms with Gasteiger partial charge in [0.2, 0.25) is 0 Å². The molecule has 170 valence electrons. The van der Waals surface area contributed by atoms with Gasteiger partial charge >= 0.3 is 5.97 Å². The molecular formula is C24H35N3O4. The number of carboxylic acid groups (broad SMARTS) is 1. The van der Waals surface area contributed by atoms with E-state index in [0.717, 1.165) is 57.2 Å². The summed E-state index contributed by atoms with van der Waals surface area (Å²) in [5.41, 5.74) is -0.851. The van der Waals surface area contributed by atoms with Gasteiger partial charge in [-0.25, -0.2) is 0 Å². The van der Waals surface area contributed by atoms with Gasteiger partial charge in [0.15, 0.2) is 5.60 Å². The topological polar surface area (TPSA) is 74.6 Å². The second-order valence-electron chi connectivity index (χ2n) is 11.5. The Hall–Kier alpha value is -2.02. The molecule has 1 aliphatic carbocycles. The molecule has 4 aliphatic heterocycles. The minimum absolute atomic E-state index is 0.0654. The number of oxime groups is 1. The summed E-state index contributed by atoms with van der Waals surface area (Å²) in [7, 11) is 0. The lowest BCUT2D eigenvalue weighted by atomic mass is 9.70. The first-order valence-corrected chi connectivity index (χ1v) is 11.6. The van der Waals surface area contributed by atoms with Crippen LogP contribution in [0, 0.1) is 16.7 Å². The summed E-state index contributed by atoms with van der Waals surface area (Å²) >= 11 is 0. The zero-order chi connectivity index (χ0) is 22.1. The minimum atomic E-state index is -0.692. The summed E-state index contributed by atoms with van der Waals surface area (Å²) in [5, 5.41) is 13.9. The highest BCUT2D eigenvalue weighted by atomic mass is 16.7. The SMILES string of the molecule is CC1(C)CC2C(=CC=CC2(C)CN2CC3(CC(N4CCC(C)(C(=O)O)CC4)=NO3)C2)O1. The Labute approximate surface area is 184 Å². The van der Waals surface area contributed by atoms with E-state index in [0.29, 0.717) is 18.8 Å². The Morgan fingerprint density at radius 3 is 2.61 bits per heavy atom. The van der Waals surface area contributed by atoms with Crippen molar-refractivity contribution in [2.24, 2.45) is 21.9 Å². The third-order valence-electron chi connectivity index (χ3n) is 8.13. The first-order chi connectivity index (χ1) is 14.5. The van der Waals surface area contributed by atoms with Crippen molar-refractivity contribution in [3.05, 3.63) is 24.0 Å². The van der Waals surface area contributed by atoms with Gasteiger partial charge in [-0.1, -0.05) is 24.2 Å². The fourth-order valence-corrected chi connectivity index (χ4v) is 6.05. The molecule has 0 amide bonds. The Bertz CT molecular complexity index is 862. The van der Waals surface area contributed by atoms with Crippen LogP contribution in [0.2, 0.25) is 0 Å². The lowest BCUT2D eigenvalue weighted by molar-refractivity contribution is -0.150. The number of piperidine rings is 1. The maximum Gasteiger partial charge on any atom is 0.309 e. The van der Waals surface area contributed by atoms with E-state index in [1.165, 1.54) is 0 Å². The van der Waals surface area contributed by atoms with Crippen LogP contribution in [0.4, 0.5) is 0 Å². The van der Waals surface area contributed by atoms with E-state index in [-0.39, 0.29) is 16.6 Å². The van der Waals surface area contributed by atoms with Crippen LogP contribution in [-0.2, 0) is 14.4 Å². The van der Waals surface area contributed by atoms with Crippen molar-refractivity contribution < 1.29 is 19.5 Å². The number of ether oxygens (including phenoxy) is 1. The van der Waals surface area contributed by atoms with Crippen LogP contribution in [0.1, 0.15) is 53.4 Å². The predicted octanol–water partition coefficient (Wildman–Crippen LogP) is 3.24. The van der Waals surface area contributed by atoms with Gasteiger partial charge in [-0.3, -0.25) is 9.69 Å². The highest BCUT2D eigenvalue weighted by Gasteiger charge is 2.54. The van der Waals surface area contributed by atoms with E-state index in [2.05, 4.69) is 54.0 Å². The number of likely N-dealkylation sites (tertiary alicyclic amines) is 2. The molecule has 4 heterocycles. The number of rotatable bonds is 3. The van der Waals surface area contributed by atoms with E-state index in [1.54, 1.807) is 0 Å². The number of carboxylic acids is 1. The molecule has 5 rings (SSSR count). The van der Waals surface area contributed by atoms with Crippen LogP contribution in [0.3, 0.4) is 0 Å². The monoisotopic (exact) mass is 429 g/mol. The molecule has 2 atom stereocenters. The first kappa shape index (κ1) is 20.9. The van der Waals surface area contributed by atoms with Crippen LogP contribution in [0.25, 0.3) is 0 Å². The van der Waals surface area contributed by atoms with Crippen LogP contribution in [-0.4, -0.2) is 70.6 Å². The molecule has 1 spiro atoms. The maximum absolute atomic E-state index is 11.5. The Morgan fingerprint density at radius 1 is 1.23 bits per heavy atom. The van der Waals surface area contributed by atoms with Gasteiger partial charge in [0.1, 0.15) is 17.2 Å². The molecule has 0 radical (unpaired) electrons. The summed E-state index contributed by atoms with van der Waals surface area (Å²) in [6.45, 7) is 12.8. The molecule has 5 aliphatic rings. The van der Waals surface area contributed by atoms with Crippen molar-refractivity contribution in [2.75, 3.05) is 32.7 Å². The van der Waals surface area contributed by atoms with Gasteiger partial charge in [-0.05, 0) is 46.1 Å². The highest BCUT2D eigenvalue weighted by molar-refractivity contribution is 5.85. The van der Waals surface area contributed by atoms with Crippen molar-refractivity contribution >= 4 is 11.8 Å². The predicted molar refractivity (Wildman–Crippen MR) is 117 cm³/mol. The van der Waals surface area contributed by atoms with Gasteiger partial charge in [0, 0.05) is 44.1 Å². The van der Waals surface area contributed by atoms with Crippen molar-refractivity contribution in [3.63, 3.8) is 0 Å². The Balaban J connectivity index is 1.15. The van der Waals surface area contributed by atoms with Gasteiger partial charge in [-0.2, -0.15) is 0 Å². The summed E-state index contributed by atoms with van der Waals surface area (Å²) in [5.74, 6) is 1.86. The van der Waals surface area contributed by atoms with Crippen LogP contribution in [0.15, 0.2) is 29.1 Å². The molecule has 7 heteroatoms. The molecule has 31 heavy (non-hydrogen) atoms. The van der Waals surface area contributed by atoms with Crippen LogP contribution < -0.4 is 0 Å². The molecule has 3 saturated heterocycles. The standard InChI is InChI=1S/C24H35N3O4/c1-21(2)12-17-18(30-21)6-5-7-23(17,4)14-26-15-24(16-26)13-19(25-31-24)27-10-8-22(3,9-11-27)20(28)29/h5-7,17H,8-16H2,1-4H3,(H,28,29). The largest absolute Gasteiger partial charge is 0.492 e. The molecule has 1 N–H and O–H groups in total. The van der Waals surface area contributed by atoms with E-state index < -0.39 is 11.4 Å². The Kier molecular flexibility index (Phi) is 4.53. The van der Waals surface area contributed by atoms with E-state index >= 15 is 0 Å². The van der Waals surface area contributed by atoms with E-state index in [9.17, 15) is 9.90 Å². The van der Waals surface area contributed by atoms with Crippen molar-refractivity contribution in [1.82, 2.24) is 9.80 Å². The molecule has 0 saturated carbocycles. The van der Waals surface area contributed by atoms with E-state index in [1.807, 2.05) is 6.92 Å². The van der Waals surface area contributed by atoms with E-state index in [4.69, 9.17) is 9.57 Å². The lowest BCUT2D eigenvalue weighted by Crippen LogP contribution is -2.64. The number of amidine groups is 1. The first-order valence-electron chi connectivity index (χ1n) is 11.6. The molecular weight excluding hydrogens is 394 g/mol. The average molecular weight is 430 g/mol. The normalized spacial score (nSPS) is 35.0. The minimum Gasteiger partial charge on any atom is -0.492 e. The molecule has 2 unspecified atom stereocenters. The molecule has 0 aromatic heterocycles. The zero-order valence-electron chi connectivity index (χ0n) is 19.2. The fraction of sp³-hybridized carbons (Fsp3) is 0.750. The molecule has 3 fully saturated rings. The molecule has 7 nitrogen and oxygen atoms in total. The number of allylic oxidation sites excluding steroid dienone is 3. The average Bonchev–Trinajstić information content (AvgIpc) is 3.23. The number of aliphatic carboxylic acids is 1. The zero-order valence-corrected chi connectivity index (χ0v) is 19.2. The summed E-state index contributed by atoms with van der Waals surface area (Å²) in [6, 6.07) is 0. The molecule has 0 aromatic carbocycles. The third kappa shape index (κ3) is 3.55. The summed E-state index contributed by atoms with van der Waals surface area (Å²) in [4.78, 5) is 22.2. The van der Waals surface area contributed by atoms with Crippen LogP contribution >= 0.6 is 0 Å². The van der Waals surface area contributed by atoms with Crippen LogP contribution in [0.5, 0.6) is 0 Å². The number of carbonyl (C=O) groups is 1. The smallest absolute Gasteiger partial charge is 0.309 e. The second-order valence-corrected chi connectivity index (χ2v) is 11.5. The van der Waals surface area contributed by atoms with Crippen molar-refractivity contribution in [1.29, 1.82) is 0 Å². The Morgan fingerprint density at radius 2 is 1.94 bits per heavy atom. The fourth-order valence-electron chi connectivity index (χ4n) is 6.05. The summed E-state index contributed by atoms with van der Waals surface area (Å²) in [6.07, 6.45) is 9.81. The van der Waals surface area contributed by atoms with Crippen molar-refractivity contribution in [3.8, 4) is 0 Å². The highest BCUT2D eigenvalue weighted by Crippen LogP contribution is 2.51. The van der Waals surface area contributed by atoms with Crippen molar-refractivity contribution in [2.45, 2.75) is 64.6 Å².